The summed E-state index contributed by atoms with van der Waals surface area (Å²) in [6.45, 7) is 3.42. The van der Waals surface area contributed by atoms with E-state index < -0.39 is 0 Å². The zero-order valence-electron chi connectivity index (χ0n) is 16.1. The van der Waals surface area contributed by atoms with Crippen LogP contribution < -0.4 is 4.90 Å². The van der Waals surface area contributed by atoms with Crippen LogP contribution in [-0.4, -0.2) is 45.9 Å². The Labute approximate surface area is 171 Å². The van der Waals surface area contributed by atoms with Crippen LogP contribution in [0.3, 0.4) is 0 Å². The van der Waals surface area contributed by atoms with E-state index in [4.69, 9.17) is 9.98 Å². The third-order valence-corrected chi connectivity index (χ3v) is 5.57. The molecule has 28 heavy (non-hydrogen) atoms. The molecule has 1 fully saturated rings. The quantitative estimate of drug-likeness (QED) is 0.802. The summed E-state index contributed by atoms with van der Waals surface area (Å²) in [5, 5.41) is 0. The number of fused-ring (bicyclic) bond motifs is 3. The van der Waals surface area contributed by atoms with Crippen molar-refractivity contribution in [2.75, 3.05) is 18.0 Å². The summed E-state index contributed by atoms with van der Waals surface area (Å²) >= 11 is 0. The highest BCUT2D eigenvalue weighted by Crippen LogP contribution is 2.35. The predicted molar refractivity (Wildman–Crippen MR) is 112 cm³/mol. The number of imidazole rings is 1. The van der Waals surface area contributed by atoms with E-state index in [0.29, 0.717) is 13.1 Å². The Morgan fingerprint density at radius 2 is 1.96 bits per heavy atom. The molecule has 0 radical (unpaired) electrons. The van der Waals surface area contributed by atoms with Crippen molar-refractivity contribution in [3.8, 4) is 0 Å². The summed E-state index contributed by atoms with van der Waals surface area (Å²) in [5.74, 6) is 3.29. The molecule has 0 saturated heterocycles. The van der Waals surface area contributed by atoms with Crippen molar-refractivity contribution in [2.24, 2.45) is 10.9 Å². The number of H-pyrrole nitrogens is 1. The molecular weight excluding hydrogens is 374 g/mol. The van der Waals surface area contributed by atoms with E-state index in [1.165, 1.54) is 18.4 Å². The Bertz CT molecular complexity index is 889. The largest absolute Gasteiger partial charge is 0.338 e. The van der Waals surface area contributed by atoms with Gasteiger partial charge < -0.3 is 4.98 Å². The fourth-order valence-electron chi connectivity index (χ4n) is 4.06. The summed E-state index contributed by atoms with van der Waals surface area (Å²) in [4.78, 5) is 30.0. The molecule has 148 valence electrons. The normalized spacial score (nSPS) is 20.5. The number of aliphatic imine (C=N–C) groups is 1. The number of aromatic amines is 1. The van der Waals surface area contributed by atoms with Gasteiger partial charge in [0.15, 0.2) is 11.7 Å². The van der Waals surface area contributed by atoms with Gasteiger partial charge in [-0.3, -0.25) is 14.8 Å². The summed E-state index contributed by atoms with van der Waals surface area (Å²) in [6.07, 6.45) is 5.30. The van der Waals surface area contributed by atoms with Crippen LogP contribution in [0.15, 0.2) is 35.3 Å². The van der Waals surface area contributed by atoms with Crippen molar-refractivity contribution in [1.82, 2.24) is 14.9 Å². The molecule has 2 aliphatic heterocycles. The first-order valence-electron chi connectivity index (χ1n) is 10.0. The van der Waals surface area contributed by atoms with Gasteiger partial charge in [0.2, 0.25) is 0 Å². The molecule has 3 heterocycles. The molecule has 7 heteroatoms. The Hall–Kier alpha value is -2.34. The Morgan fingerprint density at radius 1 is 1.18 bits per heavy atom. The molecule has 0 unspecified atom stereocenters. The molecule has 0 bridgehead atoms. The highest BCUT2D eigenvalue weighted by atomic mass is 35.5. The number of halogens is 1. The second kappa shape index (κ2) is 7.59. The molecule has 1 atom stereocenters. The number of hydrogen-bond donors (Lipinski definition) is 1. The van der Waals surface area contributed by atoms with Crippen LogP contribution in [0.1, 0.15) is 43.3 Å². The second-order valence-electron chi connectivity index (χ2n) is 7.87. The third-order valence-electron chi connectivity index (χ3n) is 5.57. The molecule has 5 rings (SSSR count). The summed E-state index contributed by atoms with van der Waals surface area (Å²) < 4.78 is 0. The van der Waals surface area contributed by atoms with Crippen LogP contribution in [0.5, 0.6) is 0 Å². The number of anilines is 1. The minimum Gasteiger partial charge on any atom is -0.338 e. The maximum Gasteiger partial charge on any atom is 0.331 e. The van der Waals surface area contributed by atoms with Gasteiger partial charge in [-0.1, -0.05) is 37.3 Å². The molecule has 2 aromatic rings. The first-order chi connectivity index (χ1) is 13.2. The van der Waals surface area contributed by atoms with Crippen molar-refractivity contribution in [2.45, 2.75) is 45.1 Å². The maximum absolute atomic E-state index is 13.1. The van der Waals surface area contributed by atoms with Gasteiger partial charge in [-0.05, 0) is 37.2 Å². The predicted octanol–water partition coefficient (Wildman–Crippen LogP) is 3.81. The van der Waals surface area contributed by atoms with Gasteiger partial charge >= 0.3 is 6.03 Å². The number of aromatic nitrogens is 2. The molecule has 1 aliphatic carbocycles. The van der Waals surface area contributed by atoms with Gasteiger partial charge in [0.05, 0.1) is 12.6 Å². The van der Waals surface area contributed by atoms with Crippen LogP contribution in [-0.2, 0) is 12.8 Å². The molecule has 3 aliphatic rings. The van der Waals surface area contributed by atoms with Crippen molar-refractivity contribution in [1.29, 1.82) is 0 Å². The Morgan fingerprint density at radius 3 is 2.68 bits per heavy atom. The lowest BCUT2D eigenvalue weighted by atomic mass is 10.1. The number of rotatable bonds is 6. The fraction of sp³-hybridized carbons (Fsp3) is 0.476. The average molecular weight is 400 g/mol. The Balaban J connectivity index is 0.00000192. The molecule has 1 aromatic heterocycles. The number of carbonyl (C=O) groups is 1. The van der Waals surface area contributed by atoms with Crippen LogP contribution in [0.4, 0.5) is 10.6 Å². The van der Waals surface area contributed by atoms with E-state index in [9.17, 15) is 4.79 Å². The zero-order valence-corrected chi connectivity index (χ0v) is 16.9. The second-order valence-corrected chi connectivity index (χ2v) is 7.87. The number of amides is 2. The van der Waals surface area contributed by atoms with Crippen molar-refractivity contribution >= 4 is 30.1 Å². The topological polar surface area (TPSA) is 64.6 Å². The van der Waals surface area contributed by atoms with Gasteiger partial charge in [0.1, 0.15) is 11.5 Å². The lowest BCUT2D eigenvalue weighted by Gasteiger charge is -2.32. The zero-order chi connectivity index (χ0) is 18.4. The number of carbonyl (C=O) groups excluding carboxylic acids is 1. The van der Waals surface area contributed by atoms with Gasteiger partial charge in [0.25, 0.3) is 0 Å². The van der Waals surface area contributed by atoms with Gasteiger partial charge in [-0.25, -0.2) is 9.78 Å². The lowest BCUT2D eigenvalue weighted by Crippen LogP contribution is -2.50. The minimum absolute atomic E-state index is 0. The smallest absolute Gasteiger partial charge is 0.331 e. The van der Waals surface area contributed by atoms with Crippen LogP contribution in [0, 0.1) is 5.92 Å². The number of nitrogens with zero attached hydrogens (tertiary/aromatic N) is 4. The lowest BCUT2D eigenvalue weighted by molar-refractivity contribution is 0.226. The molecule has 2 amide bonds. The summed E-state index contributed by atoms with van der Waals surface area (Å²) in [7, 11) is 0. The van der Waals surface area contributed by atoms with E-state index in [-0.39, 0.29) is 24.5 Å². The number of hydrogen-bond acceptors (Lipinski definition) is 3. The van der Waals surface area contributed by atoms with Crippen LogP contribution in [0.25, 0.3) is 0 Å². The number of amidine groups is 1. The first kappa shape index (κ1) is 19.0. The van der Waals surface area contributed by atoms with E-state index in [1.54, 1.807) is 0 Å². The molecule has 1 saturated carbocycles. The van der Waals surface area contributed by atoms with Gasteiger partial charge in [-0.15, -0.1) is 12.4 Å². The minimum atomic E-state index is 0. The average Bonchev–Trinajstić information content (AvgIpc) is 3.22. The number of nitrogens with one attached hydrogen (secondary N) is 1. The van der Waals surface area contributed by atoms with Gasteiger partial charge in [0, 0.05) is 13.0 Å². The van der Waals surface area contributed by atoms with E-state index in [0.717, 1.165) is 48.4 Å². The standard InChI is InChI=1S/C21H25N5O.ClH/c1-2-10-25-20-18(23-17(24-20)12-15-8-9-15)19-22-16(13-26(19)21(25)27)11-14-6-4-3-5-7-14;/h3-7,15-16H,2,8-13H2,1H3,(H,23,24);1H/t16-;/m1./s1. The van der Waals surface area contributed by atoms with Crippen molar-refractivity contribution in [3.63, 3.8) is 0 Å². The monoisotopic (exact) mass is 399 g/mol. The molecule has 6 nitrogen and oxygen atoms in total. The molecular formula is C21H26ClN5O. The molecule has 0 spiro atoms. The van der Waals surface area contributed by atoms with Crippen molar-refractivity contribution < 1.29 is 4.79 Å². The number of urea groups is 1. The molecule has 1 N–H and O–H groups in total. The molecule has 1 aromatic carbocycles. The van der Waals surface area contributed by atoms with Gasteiger partial charge in [-0.2, -0.15) is 0 Å². The van der Waals surface area contributed by atoms with Crippen molar-refractivity contribution in [3.05, 3.63) is 47.4 Å². The van der Waals surface area contributed by atoms with Crippen LogP contribution in [0.2, 0.25) is 0 Å². The summed E-state index contributed by atoms with van der Waals surface area (Å²) in [5.41, 5.74) is 2.18. The summed E-state index contributed by atoms with van der Waals surface area (Å²) in [6, 6.07) is 10.5. The highest BCUT2D eigenvalue weighted by molar-refractivity contribution is 6.18. The van der Waals surface area contributed by atoms with E-state index in [2.05, 4.69) is 36.2 Å². The Kier molecular flexibility index (Phi) is 5.15. The first-order valence-corrected chi connectivity index (χ1v) is 10.0. The van der Waals surface area contributed by atoms with E-state index in [1.807, 2.05) is 15.9 Å². The fourth-order valence-corrected chi connectivity index (χ4v) is 4.06. The van der Waals surface area contributed by atoms with Crippen LogP contribution >= 0.6 is 12.4 Å². The highest BCUT2D eigenvalue weighted by Gasteiger charge is 2.42. The van der Waals surface area contributed by atoms with E-state index >= 15 is 0 Å². The SMILES string of the molecule is CCCN1C(=O)N2C[C@@H](Cc3ccccc3)N=C2c2[nH]c(CC3CC3)nc21.Cl. The third kappa shape index (κ3) is 3.41. The number of benzene rings is 1. The maximum atomic E-state index is 13.1.